The predicted octanol–water partition coefficient (Wildman–Crippen LogP) is 3.14. The normalized spacial score (nSPS) is 21.9. The molecular weight excluding hydrogens is 253 g/mol. The lowest BCUT2D eigenvalue weighted by molar-refractivity contribution is 0.158. The molecule has 2 rings (SSSR count). The Morgan fingerprint density at radius 2 is 2.30 bits per heavy atom. The van der Waals surface area contributed by atoms with E-state index in [-0.39, 0.29) is 11.9 Å². The topological polar surface area (TPSA) is 28.2 Å². The van der Waals surface area contributed by atoms with Crippen molar-refractivity contribution in [2.75, 3.05) is 19.6 Å². The molecule has 1 aliphatic heterocycles. The summed E-state index contributed by atoms with van der Waals surface area (Å²) in [6.45, 7) is 7.79. The summed E-state index contributed by atoms with van der Waals surface area (Å²) in [4.78, 5) is 6.70. The summed E-state index contributed by atoms with van der Waals surface area (Å²) in [6, 6.07) is 4.13. The van der Waals surface area contributed by atoms with E-state index in [4.69, 9.17) is 0 Å². The lowest BCUT2D eigenvalue weighted by atomic mass is 10.0. The van der Waals surface area contributed by atoms with E-state index in [1.165, 1.54) is 38.1 Å². The zero-order valence-corrected chi connectivity index (χ0v) is 12.6. The van der Waals surface area contributed by atoms with E-state index in [9.17, 15) is 4.39 Å². The van der Waals surface area contributed by atoms with Crippen LogP contribution in [0.2, 0.25) is 0 Å². The van der Waals surface area contributed by atoms with Crippen LogP contribution in [0.1, 0.15) is 51.3 Å². The molecule has 2 atom stereocenters. The summed E-state index contributed by atoms with van der Waals surface area (Å²) >= 11 is 0. The number of pyridine rings is 1. The van der Waals surface area contributed by atoms with Gasteiger partial charge in [0.05, 0.1) is 11.9 Å². The molecule has 1 saturated heterocycles. The first-order valence-electron chi connectivity index (χ1n) is 7.75. The van der Waals surface area contributed by atoms with Gasteiger partial charge in [-0.05, 0) is 64.9 Å². The van der Waals surface area contributed by atoms with Gasteiger partial charge in [-0.1, -0.05) is 6.42 Å². The van der Waals surface area contributed by atoms with Gasteiger partial charge in [-0.15, -0.1) is 0 Å². The van der Waals surface area contributed by atoms with Crippen LogP contribution in [0.4, 0.5) is 4.39 Å². The average Bonchev–Trinajstić information content (AvgIpc) is 2.46. The highest BCUT2D eigenvalue weighted by Gasteiger charge is 2.17. The molecule has 3 nitrogen and oxygen atoms in total. The van der Waals surface area contributed by atoms with Crippen molar-refractivity contribution in [3.63, 3.8) is 0 Å². The number of nitrogens with zero attached hydrogens (tertiary/aromatic N) is 2. The van der Waals surface area contributed by atoms with Crippen molar-refractivity contribution in [2.45, 2.75) is 51.6 Å². The molecule has 0 saturated carbocycles. The Labute approximate surface area is 121 Å². The lowest BCUT2D eigenvalue weighted by Crippen LogP contribution is -2.39. The summed E-state index contributed by atoms with van der Waals surface area (Å²) in [5.41, 5.74) is 0.901. The molecule has 0 spiro atoms. The van der Waals surface area contributed by atoms with Crippen molar-refractivity contribution >= 4 is 0 Å². The van der Waals surface area contributed by atoms with Gasteiger partial charge >= 0.3 is 0 Å². The standard InChI is InChI=1S/C16H26FN3/c1-13-6-3-4-10-20(13)11-5-9-18-14(2)16-8-7-15(17)12-19-16/h7-8,12-14,18H,3-6,9-11H2,1-2H3. The SMILES string of the molecule is CC(NCCCN1CCCCC1C)c1ccc(F)cn1. The highest BCUT2D eigenvalue weighted by molar-refractivity contribution is 5.08. The molecule has 0 bridgehead atoms. The number of rotatable bonds is 6. The lowest BCUT2D eigenvalue weighted by Gasteiger charge is -2.33. The smallest absolute Gasteiger partial charge is 0.141 e. The largest absolute Gasteiger partial charge is 0.309 e. The van der Waals surface area contributed by atoms with Crippen molar-refractivity contribution in [3.8, 4) is 0 Å². The van der Waals surface area contributed by atoms with Crippen LogP contribution in [-0.2, 0) is 0 Å². The molecule has 20 heavy (non-hydrogen) atoms. The van der Waals surface area contributed by atoms with Crippen molar-refractivity contribution < 1.29 is 4.39 Å². The highest BCUT2D eigenvalue weighted by Crippen LogP contribution is 2.16. The summed E-state index contributed by atoms with van der Waals surface area (Å²) in [6.07, 6.45) is 6.49. The second-order valence-corrected chi connectivity index (χ2v) is 5.81. The Hall–Kier alpha value is -1.00. The van der Waals surface area contributed by atoms with E-state index < -0.39 is 0 Å². The Kier molecular flexibility index (Phi) is 5.92. The summed E-state index contributed by atoms with van der Waals surface area (Å²) in [5.74, 6) is -0.278. The van der Waals surface area contributed by atoms with Gasteiger partial charge in [0, 0.05) is 12.1 Å². The van der Waals surface area contributed by atoms with Crippen LogP contribution in [-0.4, -0.2) is 35.6 Å². The number of likely N-dealkylation sites (tertiary alicyclic amines) is 1. The van der Waals surface area contributed by atoms with E-state index in [0.717, 1.165) is 31.2 Å². The Bertz CT molecular complexity index is 393. The zero-order chi connectivity index (χ0) is 14.4. The number of aromatic nitrogens is 1. The van der Waals surface area contributed by atoms with Crippen molar-refractivity contribution in [2.24, 2.45) is 0 Å². The van der Waals surface area contributed by atoms with Crippen molar-refractivity contribution in [1.29, 1.82) is 0 Å². The molecule has 1 fully saturated rings. The molecule has 0 aliphatic carbocycles. The molecule has 2 unspecified atom stereocenters. The van der Waals surface area contributed by atoms with E-state index in [1.807, 2.05) is 0 Å². The van der Waals surface area contributed by atoms with Crippen LogP contribution in [0.3, 0.4) is 0 Å². The van der Waals surface area contributed by atoms with E-state index >= 15 is 0 Å². The molecule has 0 amide bonds. The number of nitrogens with one attached hydrogen (secondary N) is 1. The van der Waals surface area contributed by atoms with E-state index in [2.05, 4.69) is 29.0 Å². The number of hydrogen-bond donors (Lipinski definition) is 1. The molecule has 2 heterocycles. The van der Waals surface area contributed by atoms with Crippen molar-refractivity contribution in [3.05, 3.63) is 29.8 Å². The molecule has 1 N–H and O–H groups in total. The first-order chi connectivity index (χ1) is 9.66. The molecule has 0 aromatic carbocycles. The molecule has 1 aliphatic rings. The third kappa shape index (κ3) is 4.53. The van der Waals surface area contributed by atoms with Crippen LogP contribution in [0.25, 0.3) is 0 Å². The maximum atomic E-state index is 12.8. The third-order valence-corrected chi connectivity index (χ3v) is 4.21. The van der Waals surface area contributed by atoms with Gasteiger partial charge in [0.2, 0.25) is 0 Å². The van der Waals surface area contributed by atoms with E-state index in [0.29, 0.717) is 0 Å². The van der Waals surface area contributed by atoms with Crippen LogP contribution in [0.5, 0.6) is 0 Å². The van der Waals surface area contributed by atoms with Crippen LogP contribution < -0.4 is 5.32 Å². The first kappa shape index (κ1) is 15.4. The van der Waals surface area contributed by atoms with Gasteiger partial charge in [0.1, 0.15) is 5.82 Å². The molecule has 0 radical (unpaired) electrons. The van der Waals surface area contributed by atoms with E-state index in [1.54, 1.807) is 6.07 Å². The second kappa shape index (κ2) is 7.70. The quantitative estimate of drug-likeness (QED) is 0.811. The highest BCUT2D eigenvalue weighted by atomic mass is 19.1. The fourth-order valence-corrected chi connectivity index (χ4v) is 2.84. The van der Waals surface area contributed by atoms with Gasteiger partial charge in [0.15, 0.2) is 0 Å². The maximum Gasteiger partial charge on any atom is 0.141 e. The second-order valence-electron chi connectivity index (χ2n) is 5.81. The predicted molar refractivity (Wildman–Crippen MR) is 80.1 cm³/mol. The van der Waals surface area contributed by atoms with Gasteiger partial charge in [0.25, 0.3) is 0 Å². The van der Waals surface area contributed by atoms with Crippen molar-refractivity contribution in [1.82, 2.24) is 15.2 Å². The fourth-order valence-electron chi connectivity index (χ4n) is 2.84. The Morgan fingerprint density at radius 3 is 3.00 bits per heavy atom. The zero-order valence-electron chi connectivity index (χ0n) is 12.6. The molecular formula is C16H26FN3. The molecule has 112 valence electrons. The van der Waals surface area contributed by atoms with Gasteiger partial charge in [-0.25, -0.2) is 4.39 Å². The van der Waals surface area contributed by atoms with Crippen LogP contribution >= 0.6 is 0 Å². The van der Waals surface area contributed by atoms with Gasteiger partial charge < -0.3 is 10.2 Å². The Morgan fingerprint density at radius 1 is 1.45 bits per heavy atom. The fraction of sp³-hybridized carbons (Fsp3) is 0.688. The molecule has 4 heteroatoms. The maximum absolute atomic E-state index is 12.8. The molecule has 1 aromatic rings. The number of halogens is 1. The summed E-state index contributed by atoms with van der Waals surface area (Å²) < 4.78 is 12.8. The average molecular weight is 279 g/mol. The minimum Gasteiger partial charge on any atom is -0.309 e. The Balaban J connectivity index is 1.66. The number of piperidine rings is 1. The first-order valence-corrected chi connectivity index (χ1v) is 7.75. The van der Waals surface area contributed by atoms with Crippen LogP contribution in [0.15, 0.2) is 18.3 Å². The summed E-state index contributed by atoms with van der Waals surface area (Å²) in [5, 5.41) is 3.46. The monoisotopic (exact) mass is 279 g/mol. The van der Waals surface area contributed by atoms with Crippen LogP contribution in [0, 0.1) is 5.82 Å². The number of hydrogen-bond acceptors (Lipinski definition) is 3. The van der Waals surface area contributed by atoms with Gasteiger partial charge in [-0.3, -0.25) is 4.98 Å². The molecule has 1 aromatic heterocycles. The summed E-state index contributed by atoms with van der Waals surface area (Å²) in [7, 11) is 0. The third-order valence-electron chi connectivity index (χ3n) is 4.21. The van der Waals surface area contributed by atoms with Gasteiger partial charge in [-0.2, -0.15) is 0 Å². The minimum absolute atomic E-state index is 0.175. The minimum atomic E-state index is -0.278.